The fourth-order valence-corrected chi connectivity index (χ4v) is 4.32. The molecule has 3 aromatic carbocycles. The highest BCUT2D eigenvalue weighted by atomic mass is 35.5. The van der Waals surface area contributed by atoms with Crippen LogP contribution >= 0.6 is 24.0 Å². The van der Waals surface area contributed by atoms with Crippen LogP contribution in [0.2, 0.25) is 5.02 Å². The van der Waals surface area contributed by atoms with Crippen LogP contribution in [0.25, 0.3) is 32.7 Å². The van der Waals surface area contributed by atoms with Gasteiger partial charge in [-0.2, -0.15) is 0 Å². The molecule has 6 nitrogen and oxygen atoms in total. The maximum Gasteiger partial charge on any atom is 0.121 e. The van der Waals surface area contributed by atoms with Crippen molar-refractivity contribution in [1.29, 1.82) is 0 Å². The first kappa shape index (κ1) is 24.6. The predicted molar refractivity (Wildman–Crippen MR) is 148 cm³/mol. The van der Waals surface area contributed by atoms with Crippen molar-refractivity contribution < 1.29 is 9.47 Å². The van der Waals surface area contributed by atoms with E-state index in [1.54, 1.807) is 14.2 Å². The molecule has 0 unspecified atom stereocenters. The maximum absolute atomic E-state index is 6.23. The molecule has 2 aromatic heterocycles. The summed E-state index contributed by atoms with van der Waals surface area (Å²) >= 11 is 6.23. The van der Waals surface area contributed by atoms with E-state index in [1.807, 2.05) is 66.9 Å². The Balaban J connectivity index is 0.00000289. The molecular formula is C27H26Cl2N4O2. The lowest BCUT2D eigenvalue weighted by Crippen LogP contribution is -2.10. The Morgan fingerprint density at radius 3 is 2.49 bits per heavy atom. The van der Waals surface area contributed by atoms with Crippen molar-refractivity contribution in [3.05, 3.63) is 71.9 Å². The molecule has 0 atom stereocenters. The Morgan fingerprint density at radius 1 is 0.829 bits per heavy atom. The molecule has 2 heterocycles. The first-order valence-electron chi connectivity index (χ1n) is 11.1. The molecule has 0 aliphatic carbocycles. The standard InChI is InChI=1S/C27H25ClN4O2.ClH/c1-33-19-7-9-23-22(15-19)27(21-8-6-18(28)14-24(21)32-23)31-12-4-11-29-25-16-20(34-2)13-17-5-3-10-30-26(17)25;/h3,5-10,13-16,29H,4,11-12H2,1-2H3,(H,31,32);1H. The van der Waals surface area contributed by atoms with Crippen molar-refractivity contribution in [2.75, 3.05) is 37.9 Å². The van der Waals surface area contributed by atoms with Crippen molar-refractivity contribution >= 4 is 68.1 Å². The maximum atomic E-state index is 6.23. The van der Waals surface area contributed by atoms with Gasteiger partial charge in [0, 0.05) is 46.5 Å². The number of nitrogens with zero attached hydrogens (tertiary/aromatic N) is 2. The van der Waals surface area contributed by atoms with Gasteiger partial charge in [-0.3, -0.25) is 4.98 Å². The number of nitrogens with one attached hydrogen (secondary N) is 2. The summed E-state index contributed by atoms with van der Waals surface area (Å²) in [7, 11) is 3.35. The van der Waals surface area contributed by atoms with Gasteiger partial charge in [0.25, 0.3) is 0 Å². The molecule has 5 aromatic rings. The van der Waals surface area contributed by atoms with Gasteiger partial charge >= 0.3 is 0 Å². The molecule has 5 rings (SSSR count). The van der Waals surface area contributed by atoms with E-state index in [4.69, 9.17) is 26.1 Å². The summed E-state index contributed by atoms with van der Waals surface area (Å²) < 4.78 is 10.9. The van der Waals surface area contributed by atoms with Gasteiger partial charge in [0.1, 0.15) is 11.5 Å². The van der Waals surface area contributed by atoms with Crippen molar-refractivity contribution in [2.45, 2.75) is 6.42 Å². The highest BCUT2D eigenvalue weighted by Crippen LogP contribution is 2.34. The monoisotopic (exact) mass is 508 g/mol. The number of rotatable bonds is 8. The lowest BCUT2D eigenvalue weighted by Gasteiger charge is -2.15. The van der Waals surface area contributed by atoms with Gasteiger partial charge in [-0.25, -0.2) is 4.98 Å². The third-order valence-corrected chi connectivity index (χ3v) is 6.06. The quantitative estimate of drug-likeness (QED) is 0.174. The first-order chi connectivity index (χ1) is 16.7. The van der Waals surface area contributed by atoms with Gasteiger partial charge in [-0.15, -0.1) is 12.4 Å². The van der Waals surface area contributed by atoms with E-state index in [9.17, 15) is 0 Å². The average Bonchev–Trinajstić information content (AvgIpc) is 2.87. The molecule has 0 amide bonds. The average molecular weight is 509 g/mol. The molecule has 2 N–H and O–H groups in total. The van der Waals surface area contributed by atoms with Gasteiger partial charge in [0.15, 0.2) is 0 Å². The van der Waals surface area contributed by atoms with Gasteiger partial charge in [0.05, 0.1) is 42.1 Å². The zero-order valence-electron chi connectivity index (χ0n) is 19.5. The van der Waals surface area contributed by atoms with E-state index in [-0.39, 0.29) is 12.4 Å². The number of hydrogen-bond acceptors (Lipinski definition) is 6. The summed E-state index contributed by atoms with van der Waals surface area (Å²) in [6.45, 7) is 1.55. The van der Waals surface area contributed by atoms with Crippen LogP contribution in [-0.2, 0) is 0 Å². The van der Waals surface area contributed by atoms with Crippen LogP contribution in [0.4, 0.5) is 11.4 Å². The van der Waals surface area contributed by atoms with E-state index >= 15 is 0 Å². The van der Waals surface area contributed by atoms with Crippen LogP contribution in [0.3, 0.4) is 0 Å². The second kappa shape index (κ2) is 10.8. The number of fused-ring (bicyclic) bond motifs is 3. The normalized spacial score (nSPS) is 10.8. The van der Waals surface area contributed by atoms with Gasteiger partial charge in [-0.05, 0) is 55.0 Å². The molecule has 0 spiro atoms. The summed E-state index contributed by atoms with van der Waals surface area (Å²) in [5.41, 5.74) is 4.69. The van der Waals surface area contributed by atoms with Crippen molar-refractivity contribution in [1.82, 2.24) is 9.97 Å². The lowest BCUT2D eigenvalue weighted by molar-refractivity contribution is 0.415. The largest absolute Gasteiger partial charge is 0.497 e. The van der Waals surface area contributed by atoms with E-state index in [1.165, 1.54) is 0 Å². The molecule has 0 saturated heterocycles. The molecule has 0 bridgehead atoms. The Morgan fingerprint density at radius 2 is 1.66 bits per heavy atom. The van der Waals surface area contributed by atoms with Crippen LogP contribution in [0.1, 0.15) is 6.42 Å². The van der Waals surface area contributed by atoms with Crippen LogP contribution in [0.5, 0.6) is 11.5 Å². The second-order valence-corrected chi connectivity index (χ2v) is 8.42. The van der Waals surface area contributed by atoms with Gasteiger partial charge in [0.2, 0.25) is 0 Å². The van der Waals surface area contributed by atoms with Crippen molar-refractivity contribution in [2.24, 2.45) is 0 Å². The summed E-state index contributed by atoms with van der Waals surface area (Å²) in [4.78, 5) is 9.32. The van der Waals surface area contributed by atoms with Gasteiger partial charge in [-0.1, -0.05) is 17.7 Å². The third kappa shape index (κ3) is 5.14. The van der Waals surface area contributed by atoms with Gasteiger partial charge < -0.3 is 20.1 Å². The number of pyridine rings is 2. The SMILES string of the molecule is COc1cc(NCCCNc2c3ccc(Cl)cc3nc3ccc(OC)cc23)c2ncccc2c1.Cl. The molecule has 35 heavy (non-hydrogen) atoms. The molecule has 8 heteroatoms. The fourth-order valence-electron chi connectivity index (χ4n) is 4.16. The van der Waals surface area contributed by atoms with Crippen LogP contribution in [0.15, 0.2) is 66.9 Å². The Kier molecular flexibility index (Phi) is 7.63. The summed E-state index contributed by atoms with van der Waals surface area (Å²) in [5.74, 6) is 1.60. The number of anilines is 2. The topological polar surface area (TPSA) is 68.3 Å². The number of ether oxygens (including phenoxy) is 2. The smallest absolute Gasteiger partial charge is 0.121 e. The Bertz CT molecular complexity index is 1490. The minimum atomic E-state index is 0. The second-order valence-electron chi connectivity index (χ2n) is 7.99. The van der Waals surface area contributed by atoms with E-state index in [0.29, 0.717) is 5.02 Å². The van der Waals surface area contributed by atoms with E-state index in [2.05, 4.69) is 15.6 Å². The summed E-state index contributed by atoms with van der Waals surface area (Å²) in [6, 6.07) is 19.7. The first-order valence-corrected chi connectivity index (χ1v) is 11.5. The van der Waals surface area contributed by atoms with Crippen LogP contribution < -0.4 is 20.1 Å². The molecule has 0 saturated carbocycles. The van der Waals surface area contributed by atoms with Crippen molar-refractivity contribution in [3.63, 3.8) is 0 Å². The zero-order chi connectivity index (χ0) is 23.5. The summed E-state index contributed by atoms with van der Waals surface area (Å²) in [5, 5.41) is 10.9. The highest BCUT2D eigenvalue weighted by molar-refractivity contribution is 6.31. The van der Waals surface area contributed by atoms with Crippen molar-refractivity contribution in [3.8, 4) is 11.5 Å². The number of hydrogen-bond donors (Lipinski definition) is 2. The minimum absolute atomic E-state index is 0. The zero-order valence-corrected chi connectivity index (χ0v) is 21.0. The summed E-state index contributed by atoms with van der Waals surface area (Å²) in [6.07, 6.45) is 2.70. The lowest BCUT2D eigenvalue weighted by atomic mass is 10.1. The number of aromatic nitrogens is 2. The minimum Gasteiger partial charge on any atom is -0.497 e. The van der Waals surface area contributed by atoms with Crippen LogP contribution in [0, 0.1) is 0 Å². The Hall–Kier alpha value is -3.48. The number of methoxy groups -OCH3 is 2. The third-order valence-electron chi connectivity index (χ3n) is 5.83. The highest BCUT2D eigenvalue weighted by Gasteiger charge is 2.11. The molecule has 0 radical (unpaired) electrons. The fraction of sp³-hybridized carbons (Fsp3) is 0.185. The molecule has 180 valence electrons. The van der Waals surface area contributed by atoms with Crippen LogP contribution in [-0.4, -0.2) is 37.3 Å². The number of halogens is 2. The number of benzene rings is 3. The molecule has 0 aliphatic rings. The molecule has 0 aliphatic heterocycles. The Labute approximate surface area is 215 Å². The van der Waals surface area contributed by atoms with E-state index in [0.717, 1.165) is 75.1 Å². The van der Waals surface area contributed by atoms with E-state index < -0.39 is 0 Å². The molecular weight excluding hydrogens is 483 g/mol. The predicted octanol–water partition coefficient (Wildman–Crippen LogP) is 6.94. The molecule has 0 fully saturated rings.